The van der Waals surface area contributed by atoms with Crippen molar-refractivity contribution in [3.63, 3.8) is 0 Å². The van der Waals surface area contributed by atoms with Crippen LogP contribution in [0.25, 0.3) is 0 Å². The molecule has 9 heavy (non-hydrogen) atoms. The quantitative estimate of drug-likeness (QED) is 0.617. The van der Waals surface area contributed by atoms with Gasteiger partial charge in [0.2, 0.25) is 0 Å². The smallest absolute Gasteiger partial charge is 0.118 e. The lowest BCUT2D eigenvalue weighted by atomic mass is 10.4. The standard InChI is InChI=1S/C6H13FO2/c1-5(2)9-4-6(8)3-7/h5-6,8H,3-4H2,1-2H3/t6-/m0/s1. The van der Waals surface area contributed by atoms with Gasteiger partial charge in [-0.15, -0.1) is 0 Å². The van der Waals surface area contributed by atoms with Gasteiger partial charge in [0.05, 0.1) is 12.7 Å². The van der Waals surface area contributed by atoms with E-state index in [1.165, 1.54) is 0 Å². The average Bonchev–Trinajstić information content (AvgIpc) is 1.83. The lowest BCUT2D eigenvalue weighted by Gasteiger charge is -2.09. The van der Waals surface area contributed by atoms with Crippen molar-refractivity contribution in [3.8, 4) is 0 Å². The highest BCUT2D eigenvalue weighted by Gasteiger charge is 2.02. The van der Waals surface area contributed by atoms with Crippen molar-refractivity contribution in [1.29, 1.82) is 0 Å². The molecule has 0 aliphatic heterocycles. The summed E-state index contributed by atoms with van der Waals surface area (Å²) in [5, 5.41) is 8.61. The first-order chi connectivity index (χ1) is 4.16. The van der Waals surface area contributed by atoms with Crippen LogP contribution in [0, 0.1) is 0 Å². The van der Waals surface area contributed by atoms with Gasteiger partial charge in [-0.3, -0.25) is 0 Å². The van der Waals surface area contributed by atoms with Crippen LogP contribution in [-0.2, 0) is 4.74 Å². The second-order valence-electron chi connectivity index (χ2n) is 2.19. The van der Waals surface area contributed by atoms with Crippen molar-refractivity contribution in [1.82, 2.24) is 0 Å². The molecule has 1 atom stereocenters. The zero-order valence-corrected chi connectivity index (χ0v) is 5.80. The summed E-state index contributed by atoms with van der Waals surface area (Å²) in [7, 11) is 0. The summed E-state index contributed by atoms with van der Waals surface area (Å²) in [4.78, 5) is 0. The molecule has 0 radical (unpaired) electrons. The van der Waals surface area contributed by atoms with Crippen LogP contribution in [-0.4, -0.2) is 30.6 Å². The summed E-state index contributed by atoms with van der Waals surface area (Å²) in [5.41, 5.74) is 0. The normalized spacial score (nSPS) is 14.3. The second kappa shape index (κ2) is 4.70. The van der Waals surface area contributed by atoms with Crippen molar-refractivity contribution in [2.75, 3.05) is 13.3 Å². The van der Waals surface area contributed by atoms with Crippen molar-refractivity contribution in [2.45, 2.75) is 26.1 Å². The van der Waals surface area contributed by atoms with Crippen LogP contribution in [0.2, 0.25) is 0 Å². The molecule has 2 nitrogen and oxygen atoms in total. The number of ether oxygens (including phenoxy) is 1. The van der Waals surface area contributed by atoms with E-state index in [0.717, 1.165) is 0 Å². The molecule has 0 spiro atoms. The molecule has 0 fully saturated rings. The molecule has 0 aromatic heterocycles. The number of aliphatic hydroxyl groups is 1. The maximum Gasteiger partial charge on any atom is 0.118 e. The third-order valence-electron chi connectivity index (χ3n) is 0.800. The first kappa shape index (κ1) is 8.85. The molecular weight excluding hydrogens is 123 g/mol. The summed E-state index contributed by atoms with van der Waals surface area (Å²) in [5.74, 6) is 0. The second-order valence-corrected chi connectivity index (χ2v) is 2.19. The van der Waals surface area contributed by atoms with Crippen LogP contribution < -0.4 is 0 Å². The Bertz CT molecular complexity index is 66.1. The van der Waals surface area contributed by atoms with Crippen LogP contribution in [0.5, 0.6) is 0 Å². The number of hydrogen-bond donors (Lipinski definition) is 1. The molecule has 0 amide bonds. The maximum atomic E-state index is 11.5. The van der Waals surface area contributed by atoms with Crippen LogP contribution in [0.3, 0.4) is 0 Å². The van der Waals surface area contributed by atoms with E-state index in [1.54, 1.807) is 0 Å². The van der Waals surface area contributed by atoms with Gasteiger partial charge in [0.1, 0.15) is 12.8 Å². The Morgan fingerprint density at radius 3 is 2.44 bits per heavy atom. The summed E-state index contributed by atoms with van der Waals surface area (Å²) in [6, 6.07) is 0. The van der Waals surface area contributed by atoms with Crippen LogP contribution in [0.4, 0.5) is 4.39 Å². The van der Waals surface area contributed by atoms with Crippen LogP contribution in [0.15, 0.2) is 0 Å². The summed E-state index contributed by atoms with van der Waals surface area (Å²) < 4.78 is 16.4. The lowest BCUT2D eigenvalue weighted by molar-refractivity contribution is -0.00330. The van der Waals surface area contributed by atoms with Gasteiger partial charge in [-0.05, 0) is 13.8 Å². The lowest BCUT2D eigenvalue weighted by Crippen LogP contribution is -2.19. The van der Waals surface area contributed by atoms with Gasteiger partial charge >= 0.3 is 0 Å². The Hall–Kier alpha value is -0.150. The van der Waals surface area contributed by atoms with E-state index in [1.807, 2.05) is 13.8 Å². The predicted octanol–water partition coefficient (Wildman–Crippen LogP) is 0.742. The fourth-order valence-electron chi connectivity index (χ4n) is 0.348. The minimum Gasteiger partial charge on any atom is -0.388 e. The first-order valence-corrected chi connectivity index (χ1v) is 3.02. The Labute approximate surface area is 54.6 Å². The molecule has 1 N–H and O–H groups in total. The van der Waals surface area contributed by atoms with E-state index in [-0.39, 0.29) is 12.7 Å². The van der Waals surface area contributed by atoms with Gasteiger partial charge in [0, 0.05) is 0 Å². The van der Waals surface area contributed by atoms with Crippen molar-refractivity contribution in [3.05, 3.63) is 0 Å². The molecule has 0 aromatic carbocycles. The fraction of sp³-hybridized carbons (Fsp3) is 1.00. The topological polar surface area (TPSA) is 29.5 Å². The Morgan fingerprint density at radius 1 is 1.56 bits per heavy atom. The molecule has 0 aliphatic carbocycles. The van der Waals surface area contributed by atoms with Gasteiger partial charge in [0.15, 0.2) is 0 Å². The molecule has 0 aromatic rings. The SMILES string of the molecule is CC(C)OC[C@@H](O)CF. The Morgan fingerprint density at radius 2 is 2.11 bits per heavy atom. The number of hydrogen-bond acceptors (Lipinski definition) is 2. The van der Waals surface area contributed by atoms with Crippen molar-refractivity contribution < 1.29 is 14.2 Å². The largest absolute Gasteiger partial charge is 0.388 e. The van der Waals surface area contributed by atoms with Crippen molar-refractivity contribution in [2.24, 2.45) is 0 Å². The minimum atomic E-state index is -0.951. The van der Waals surface area contributed by atoms with E-state index in [2.05, 4.69) is 0 Å². The molecular formula is C6H13FO2. The third-order valence-corrected chi connectivity index (χ3v) is 0.800. The zero-order valence-electron chi connectivity index (χ0n) is 5.80. The third kappa shape index (κ3) is 5.73. The van der Waals surface area contributed by atoms with Gasteiger partial charge in [-0.2, -0.15) is 0 Å². The average molecular weight is 136 g/mol. The van der Waals surface area contributed by atoms with Crippen molar-refractivity contribution >= 4 is 0 Å². The molecule has 0 unspecified atom stereocenters. The highest BCUT2D eigenvalue weighted by molar-refractivity contribution is 4.50. The van der Waals surface area contributed by atoms with Gasteiger partial charge in [-0.1, -0.05) is 0 Å². The van der Waals surface area contributed by atoms with Crippen LogP contribution >= 0.6 is 0 Å². The fourth-order valence-corrected chi connectivity index (χ4v) is 0.348. The van der Waals surface area contributed by atoms with E-state index in [9.17, 15) is 4.39 Å². The highest BCUT2D eigenvalue weighted by Crippen LogP contribution is 1.91. The molecule has 0 heterocycles. The Kier molecular flexibility index (Phi) is 4.62. The summed E-state index contributed by atoms with van der Waals surface area (Å²) in [6.07, 6.45) is -0.890. The number of alkyl halides is 1. The van der Waals surface area contributed by atoms with E-state index in [0.29, 0.717) is 0 Å². The molecule has 0 bridgehead atoms. The molecule has 0 saturated heterocycles. The van der Waals surface area contributed by atoms with Gasteiger partial charge in [0.25, 0.3) is 0 Å². The van der Waals surface area contributed by atoms with E-state index in [4.69, 9.17) is 9.84 Å². The summed E-state index contributed by atoms with van der Waals surface area (Å²) >= 11 is 0. The minimum absolute atomic E-state index is 0.0613. The number of halogens is 1. The molecule has 3 heteroatoms. The predicted molar refractivity (Wildman–Crippen MR) is 33.1 cm³/mol. The molecule has 0 saturated carbocycles. The summed E-state index contributed by atoms with van der Waals surface area (Å²) in [6.45, 7) is 3.04. The Balaban J connectivity index is 3.06. The van der Waals surface area contributed by atoms with Crippen LogP contribution in [0.1, 0.15) is 13.8 Å². The monoisotopic (exact) mass is 136 g/mol. The molecule has 0 rings (SSSR count). The van der Waals surface area contributed by atoms with Gasteiger partial charge in [-0.25, -0.2) is 4.39 Å². The van der Waals surface area contributed by atoms with E-state index >= 15 is 0 Å². The number of rotatable bonds is 4. The molecule has 0 aliphatic rings. The van der Waals surface area contributed by atoms with E-state index < -0.39 is 12.8 Å². The number of aliphatic hydroxyl groups excluding tert-OH is 1. The highest BCUT2D eigenvalue weighted by atomic mass is 19.1. The zero-order chi connectivity index (χ0) is 7.28. The first-order valence-electron chi connectivity index (χ1n) is 3.02. The maximum absolute atomic E-state index is 11.5. The van der Waals surface area contributed by atoms with Gasteiger partial charge < -0.3 is 9.84 Å². The molecule has 56 valence electrons.